The number of anilines is 1. The van der Waals surface area contributed by atoms with Crippen LogP contribution >= 0.6 is 15.9 Å². The van der Waals surface area contributed by atoms with E-state index in [-0.39, 0.29) is 10.9 Å². The normalized spacial score (nSPS) is 15.2. The summed E-state index contributed by atoms with van der Waals surface area (Å²) in [6, 6.07) is 2.74. The molecule has 0 fully saturated rings. The van der Waals surface area contributed by atoms with Gasteiger partial charge in [-0.25, -0.2) is 13.1 Å². The number of nitrogens with two attached hydrogens (primary N) is 1. The Balaban J connectivity index is 3.04. The lowest BCUT2D eigenvalue weighted by Crippen LogP contribution is -2.35. The van der Waals surface area contributed by atoms with Crippen LogP contribution in [-0.4, -0.2) is 25.7 Å². The van der Waals surface area contributed by atoms with Crippen LogP contribution in [0.4, 0.5) is 5.69 Å². The van der Waals surface area contributed by atoms with Crippen LogP contribution in [0.3, 0.4) is 0 Å². The van der Waals surface area contributed by atoms with E-state index in [4.69, 9.17) is 5.73 Å². The maximum absolute atomic E-state index is 12.2. The van der Waals surface area contributed by atoms with Crippen LogP contribution in [0, 0.1) is 6.92 Å². The van der Waals surface area contributed by atoms with Crippen molar-refractivity contribution in [2.45, 2.75) is 44.2 Å². The van der Waals surface area contributed by atoms with Gasteiger partial charge in [-0.1, -0.05) is 0 Å². The highest BCUT2D eigenvalue weighted by atomic mass is 79.9. The lowest BCUT2D eigenvalue weighted by molar-refractivity contribution is 0.175. The summed E-state index contributed by atoms with van der Waals surface area (Å²) in [5, 5.41) is 9.26. The highest BCUT2D eigenvalue weighted by Gasteiger charge is 2.21. The van der Waals surface area contributed by atoms with Crippen molar-refractivity contribution >= 4 is 31.6 Å². The van der Waals surface area contributed by atoms with Gasteiger partial charge in [-0.2, -0.15) is 0 Å². The molecule has 4 N–H and O–H groups in total. The largest absolute Gasteiger partial charge is 0.398 e. The van der Waals surface area contributed by atoms with Gasteiger partial charge in [0.15, 0.2) is 0 Å². The molecule has 0 aromatic heterocycles. The molecule has 108 valence electrons. The first kappa shape index (κ1) is 16.4. The van der Waals surface area contributed by atoms with Gasteiger partial charge in [0.05, 0.1) is 11.0 Å². The standard InChI is InChI=1S/C12H19BrN2O3S/c1-7-4-10(13)11(14)6-12(7)19(17,18)15-8(2)5-9(3)16/h4,6,8-9,15-16H,5,14H2,1-3H3. The molecule has 1 aromatic rings. The number of halogens is 1. The van der Waals surface area contributed by atoms with Crippen molar-refractivity contribution in [2.75, 3.05) is 5.73 Å². The molecule has 2 atom stereocenters. The maximum Gasteiger partial charge on any atom is 0.241 e. The molecule has 2 unspecified atom stereocenters. The Kier molecular flexibility index (Phi) is 5.37. The quantitative estimate of drug-likeness (QED) is 0.705. The molecule has 0 bridgehead atoms. The molecule has 5 nitrogen and oxygen atoms in total. The van der Waals surface area contributed by atoms with Crippen molar-refractivity contribution in [3.63, 3.8) is 0 Å². The third kappa shape index (κ3) is 4.45. The van der Waals surface area contributed by atoms with E-state index in [1.165, 1.54) is 6.07 Å². The minimum atomic E-state index is -3.64. The maximum atomic E-state index is 12.2. The molecule has 0 aliphatic carbocycles. The van der Waals surface area contributed by atoms with Crippen molar-refractivity contribution in [3.05, 3.63) is 22.2 Å². The Bertz CT molecular complexity index is 558. The van der Waals surface area contributed by atoms with Gasteiger partial charge in [-0.05, 0) is 60.8 Å². The lowest BCUT2D eigenvalue weighted by atomic mass is 10.2. The molecule has 0 saturated heterocycles. The van der Waals surface area contributed by atoms with Crippen molar-refractivity contribution < 1.29 is 13.5 Å². The SMILES string of the molecule is Cc1cc(Br)c(N)cc1S(=O)(=O)NC(C)CC(C)O. The van der Waals surface area contributed by atoms with Gasteiger partial charge in [-0.3, -0.25) is 0 Å². The number of aliphatic hydroxyl groups is 1. The van der Waals surface area contributed by atoms with E-state index >= 15 is 0 Å². The highest BCUT2D eigenvalue weighted by Crippen LogP contribution is 2.26. The molecule has 0 aliphatic heterocycles. The average Bonchev–Trinajstić information content (AvgIpc) is 2.20. The predicted octanol–water partition coefficient (Wildman–Crippen LogP) is 1.78. The molecule has 0 saturated carbocycles. The van der Waals surface area contributed by atoms with Crippen molar-refractivity contribution in [2.24, 2.45) is 0 Å². The Hall–Kier alpha value is -0.630. The number of rotatable bonds is 5. The van der Waals surface area contributed by atoms with Gasteiger partial charge < -0.3 is 10.8 Å². The smallest absolute Gasteiger partial charge is 0.241 e. The number of hydrogen-bond donors (Lipinski definition) is 3. The molecular weight excluding hydrogens is 332 g/mol. The molecule has 19 heavy (non-hydrogen) atoms. The summed E-state index contributed by atoms with van der Waals surface area (Å²) in [4.78, 5) is 0.158. The van der Waals surface area contributed by atoms with Crippen LogP contribution in [-0.2, 0) is 10.0 Å². The third-order valence-corrected chi connectivity index (χ3v) is 5.05. The number of sulfonamides is 1. The van der Waals surface area contributed by atoms with Crippen LogP contribution in [0.15, 0.2) is 21.5 Å². The second-order valence-electron chi connectivity index (χ2n) is 4.75. The monoisotopic (exact) mass is 350 g/mol. The predicted molar refractivity (Wildman–Crippen MR) is 79.4 cm³/mol. The summed E-state index contributed by atoms with van der Waals surface area (Å²) in [7, 11) is -3.64. The number of benzene rings is 1. The zero-order chi connectivity index (χ0) is 14.8. The lowest BCUT2D eigenvalue weighted by Gasteiger charge is -2.17. The fourth-order valence-corrected chi connectivity index (χ4v) is 3.82. The fourth-order valence-electron chi connectivity index (χ4n) is 1.85. The molecule has 0 amide bonds. The van der Waals surface area contributed by atoms with Gasteiger partial charge >= 0.3 is 0 Å². The number of nitrogen functional groups attached to an aromatic ring is 1. The number of aryl methyl sites for hydroxylation is 1. The average molecular weight is 351 g/mol. The first-order chi connectivity index (χ1) is 8.63. The summed E-state index contributed by atoms with van der Waals surface area (Å²) in [5.41, 5.74) is 6.70. The minimum Gasteiger partial charge on any atom is -0.398 e. The molecule has 7 heteroatoms. The topological polar surface area (TPSA) is 92.4 Å². The van der Waals surface area contributed by atoms with E-state index in [0.29, 0.717) is 22.1 Å². The van der Waals surface area contributed by atoms with Crippen molar-refractivity contribution in [3.8, 4) is 0 Å². The molecule has 0 spiro atoms. The molecule has 1 rings (SSSR count). The molecular formula is C12H19BrN2O3S. The van der Waals surface area contributed by atoms with Crippen LogP contribution in [0.5, 0.6) is 0 Å². The minimum absolute atomic E-state index is 0.158. The van der Waals surface area contributed by atoms with Gasteiger partial charge in [0.1, 0.15) is 0 Å². The molecule has 0 heterocycles. The van der Waals surface area contributed by atoms with Gasteiger partial charge in [-0.15, -0.1) is 0 Å². The highest BCUT2D eigenvalue weighted by molar-refractivity contribution is 9.10. The molecule has 0 radical (unpaired) electrons. The van der Waals surface area contributed by atoms with Crippen LogP contribution in [0.2, 0.25) is 0 Å². The van der Waals surface area contributed by atoms with Crippen LogP contribution in [0.1, 0.15) is 25.8 Å². The first-order valence-electron chi connectivity index (χ1n) is 5.89. The summed E-state index contributed by atoms with van der Waals surface area (Å²) >= 11 is 3.26. The Morgan fingerprint density at radius 3 is 2.53 bits per heavy atom. The Labute approximate surface area is 122 Å². The second-order valence-corrected chi connectivity index (χ2v) is 7.28. The van der Waals surface area contributed by atoms with Gasteiger partial charge in [0.25, 0.3) is 0 Å². The molecule has 0 aliphatic rings. The van der Waals surface area contributed by atoms with E-state index < -0.39 is 16.1 Å². The van der Waals surface area contributed by atoms with E-state index in [1.54, 1.807) is 26.8 Å². The Morgan fingerprint density at radius 1 is 1.42 bits per heavy atom. The van der Waals surface area contributed by atoms with Crippen molar-refractivity contribution in [1.29, 1.82) is 0 Å². The van der Waals surface area contributed by atoms with E-state index in [1.807, 2.05) is 0 Å². The van der Waals surface area contributed by atoms with Crippen LogP contribution in [0.25, 0.3) is 0 Å². The van der Waals surface area contributed by atoms with Gasteiger partial charge in [0, 0.05) is 16.2 Å². The third-order valence-electron chi connectivity index (χ3n) is 2.63. The molecule has 1 aromatic carbocycles. The van der Waals surface area contributed by atoms with E-state index in [9.17, 15) is 13.5 Å². The number of aliphatic hydroxyl groups excluding tert-OH is 1. The summed E-state index contributed by atoms with van der Waals surface area (Å²) < 4.78 is 27.7. The Morgan fingerprint density at radius 2 is 2.00 bits per heavy atom. The summed E-state index contributed by atoms with van der Waals surface area (Å²) in [6.07, 6.45) is -0.210. The zero-order valence-electron chi connectivity index (χ0n) is 11.1. The van der Waals surface area contributed by atoms with E-state index in [0.717, 1.165) is 0 Å². The number of nitrogens with one attached hydrogen (secondary N) is 1. The summed E-state index contributed by atoms with van der Waals surface area (Å²) in [6.45, 7) is 5.04. The first-order valence-corrected chi connectivity index (χ1v) is 8.17. The fraction of sp³-hybridized carbons (Fsp3) is 0.500. The van der Waals surface area contributed by atoms with E-state index in [2.05, 4.69) is 20.7 Å². The second kappa shape index (κ2) is 6.21. The van der Waals surface area contributed by atoms with Crippen LogP contribution < -0.4 is 10.5 Å². The van der Waals surface area contributed by atoms with Gasteiger partial charge in [0.2, 0.25) is 10.0 Å². The number of hydrogen-bond acceptors (Lipinski definition) is 4. The zero-order valence-corrected chi connectivity index (χ0v) is 13.5. The summed E-state index contributed by atoms with van der Waals surface area (Å²) in [5.74, 6) is 0. The van der Waals surface area contributed by atoms with Crippen molar-refractivity contribution in [1.82, 2.24) is 4.72 Å².